The summed E-state index contributed by atoms with van der Waals surface area (Å²) in [6.07, 6.45) is 8.12. The van der Waals surface area contributed by atoms with E-state index < -0.39 is 41.6 Å². The van der Waals surface area contributed by atoms with E-state index in [1.165, 1.54) is 0 Å². The van der Waals surface area contributed by atoms with Crippen molar-refractivity contribution in [3.63, 3.8) is 0 Å². The standard InChI is InChI=1S/C27H39N3O7/c1-3-18(2)19(17-31)30-23-25(33)29(11-10-28-12-15-35-16-13-28)9-6-8-27(23)22(24(30)32)21-20(37-27)7-4-5-14-36-26(21)34/h4,6-8,18-23,31H,3,5,9-17H2,1-2H3/t18-,19-,20-,21+,22-,23?,27-/m0/s1. The first-order valence-electron chi connectivity index (χ1n) is 13.6. The van der Waals surface area contributed by atoms with Crippen molar-refractivity contribution in [3.05, 3.63) is 24.3 Å². The van der Waals surface area contributed by atoms with Crippen molar-refractivity contribution >= 4 is 17.8 Å². The van der Waals surface area contributed by atoms with Crippen molar-refractivity contribution in [2.24, 2.45) is 17.8 Å². The Bertz CT molecular complexity index is 948. The molecule has 0 aliphatic carbocycles. The van der Waals surface area contributed by atoms with E-state index in [0.29, 0.717) is 39.3 Å². The van der Waals surface area contributed by atoms with Gasteiger partial charge in [-0.2, -0.15) is 0 Å². The van der Waals surface area contributed by atoms with E-state index in [1.807, 2.05) is 38.2 Å². The van der Waals surface area contributed by atoms with Crippen LogP contribution in [0, 0.1) is 17.8 Å². The van der Waals surface area contributed by atoms with Crippen molar-refractivity contribution in [3.8, 4) is 0 Å². The van der Waals surface area contributed by atoms with Crippen molar-refractivity contribution in [2.75, 3.05) is 59.2 Å². The van der Waals surface area contributed by atoms with Crippen molar-refractivity contribution in [1.29, 1.82) is 0 Å². The Morgan fingerprint density at radius 1 is 1.11 bits per heavy atom. The minimum absolute atomic E-state index is 0.0494. The molecule has 37 heavy (non-hydrogen) atoms. The summed E-state index contributed by atoms with van der Waals surface area (Å²) in [6.45, 7) is 8.53. The van der Waals surface area contributed by atoms with Gasteiger partial charge in [-0.3, -0.25) is 19.3 Å². The quantitative estimate of drug-likeness (QED) is 0.377. The predicted octanol–water partition coefficient (Wildman–Crippen LogP) is 0.208. The highest BCUT2D eigenvalue weighted by molar-refractivity contribution is 5.99. The number of rotatable bonds is 7. The first-order valence-corrected chi connectivity index (χ1v) is 13.6. The number of esters is 1. The number of morpholine rings is 1. The van der Waals surface area contributed by atoms with Gasteiger partial charge < -0.3 is 29.1 Å². The van der Waals surface area contributed by atoms with E-state index in [2.05, 4.69) is 4.90 Å². The maximum Gasteiger partial charge on any atom is 0.312 e. The van der Waals surface area contributed by atoms with E-state index in [-0.39, 0.29) is 30.9 Å². The fraction of sp³-hybridized carbons (Fsp3) is 0.741. The van der Waals surface area contributed by atoms with Gasteiger partial charge >= 0.3 is 5.97 Å². The van der Waals surface area contributed by atoms with Crippen LogP contribution in [0.25, 0.3) is 0 Å². The highest BCUT2D eigenvalue weighted by Crippen LogP contribution is 2.54. The highest BCUT2D eigenvalue weighted by atomic mass is 16.6. The van der Waals surface area contributed by atoms with E-state index >= 15 is 0 Å². The number of fused-ring (bicyclic) bond motifs is 2. The number of likely N-dealkylation sites (tertiary alicyclic amines) is 1. The molecule has 0 aromatic heterocycles. The van der Waals surface area contributed by atoms with Crippen LogP contribution in [0.2, 0.25) is 0 Å². The third-order valence-corrected chi connectivity index (χ3v) is 8.78. The number of aliphatic hydroxyl groups is 1. The van der Waals surface area contributed by atoms with Crippen molar-refractivity contribution < 1.29 is 33.7 Å². The normalized spacial score (nSPS) is 35.8. The van der Waals surface area contributed by atoms with Crippen LogP contribution in [0.1, 0.15) is 26.7 Å². The van der Waals surface area contributed by atoms with E-state index in [9.17, 15) is 19.5 Å². The molecule has 0 bridgehead atoms. The minimum atomic E-state index is -1.30. The Hall–Kier alpha value is -2.27. The van der Waals surface area contributed by atoms with Gasteiger partial charge in [0, 0.05) is 32.7 Å². The first kappa shape index (κ1) is 26.3. The lowest BCUT2D eigenvalue weighted by Crippen LogP contribution is -2.59. The summed E-state index contributed by atoms with van der Waals surface area (Å²) in [5, 5.41) is 10.4. The van der Waals surface area contributed by atoms with Crippen LogP contribution in [0.3, 0.4) is 0 Å². The van der Waals surface area contributed by atoms with Gasteiger partial charge in [-0.25, -0.2) is 0 Å². The van der Waals surface area contributed by atoms with Gasteiger partial charge in [-0.15, -0.1) is 0 Å². The Morgan fingerprint density at radius 2 is 1.89 bits per heavy atom. The van der Waals surface area contributed by atoms with Crippen molar-refractivity contribution in [1.82, 2.24) is 14.7 Å². The molecule has 1 spiro atoms. The third kappa shape index (κ3) is 4.51. The highest BCUT2D eigenvalue weighted by Gasteiger charge is 2.72. The van der Waals surface area contributed by atoms with Crippen molar-refractivity contribution in [2.45, 2.75) is 50.5 Å². The van der Waals surface area contributed by atoms with Gasteiger partial charge in [-0.05, 0) is 12.3 Å². The van der Waals surface area contributed by atoms with Crippen LogP contribution in [0.5, 0.6) is 0 Å². The van der Waals surface area contributed by atoms with Gasteiger partial charge in [0.1, 0.15) is 17.6 Å². The first-order chi connectivity index (χ1) is 17.9. The molecular formula is C27H39N3O7. The Balaban J connectivity index is 1.52. The summed E-state index contributed by atoms with van der Waals surface area (Å²) >= 11 is 0. The number of amides is 2. The number of cyclic esters (lactones) is 1. The number of carbonyl (C=O) groups excluding carboxylic acids is 3. The maximum atomic E-state index is 14.3. The Morgan fingerprint density at radius 3 is 2.62 bits per heavy atom. The molecule has 5 heterocycles. The van der Waals surface area contributed by atoms with Crippen LogP contribution < -0.4 is 0 Å². The summed E-state index contributed by atoms with van der Waals surface area (Å²) in [7, 11) is 0. The molecule has 0 aromatic rings. The van der Waals surface area contributed by atoms with Gasteiger partial charge in [0.05, 0.1) is 44.5 Å². The molecule has 1 N–H and O–H groups in total. The summed E-state index contributed by atoms with van der Waals surface area (Å²) in [6, 6.07) is -1.53. The molecule has 5 aliphatic heterocycles. The second kappa shape index (κ2) is 10.8. The molecule has 3 fully saturated rings. The molecule has 204 valence electrons. The summed E-state index contributed by atoms with van der Waals surface area (Å²) < 4.78 is 17.5. The Kier molecular flexibility index (Phi) is 7.72. The smallest absolute Gasteiger partial charge is 0.312 e. The zero-order valence-electron chi connectivity index (χ0n) is 21.8. The SMILES string of the molecule is CC[C@H](C)[C@H](CO)N1C(=O)[C@@H]2[C@@H]3C(=O)OCCC=C[C@@H]3O[C@@]23C=CCN(CCN2CCOCC2)C(=O)C13. The largest absolute Gasteiger partial charge is 0.465 e. The van der Waals surface area contributed by atoms with Crippen LogP contribution in [-0.4, -0.2) is 121 Å². The van der Waals surface area contributed by atoms with Gasteiger partial charge in [0.15, 0.2) is 0 Å². The summed E-state index contributed by atoms with van der Waals surface area (Å²) in [4.78, 5) is 47.3. The minimum Gasteiger partial charge on any atom is -0.465 e. The molecule has 0 aromatic carbocycles. The summed E-state index contributed by atoms with van der Waals surface area (Å²) in [5.41, 5.74) is -1.30. The molecule has 3 saturated heterocycles. The van der Waals surface area contributed by atoms with E-state index in [1.54, 1.807) is 9.80 Å². The molecule has 7 atom stereocenters. The van der Waals surface area contributed by atoms with Gasteiger partial charge in [0.2, 0.25) is 11.8 Å². The second-order valence-corrected chi connectivity index (χ2v) is 10.7. The zero-order valence-corrected chi connectivity index (χ0v) is 21.8. The van der Waals surface area contributed by atoms with Gasteiger partial charge in [0.25, 0.3) is 0 Å². The fourth-order valence-corrected chi connectivity index (χ4v) is 6.55. The number of hydrogen-bond donors (Lipinski definition) is 1. The molecular weight excluding hydrogens is 478 g/mol. The van der Waals surface area contributed by atoms with Crippen LogP contribution in [0.4, 0.5) is 0 Å². The van der Waals surface area contributed by atoms with Gasteiger partial charge in [-0.1, -0.05) is 44.6 Å². The number of hydrogen-bond acceptors (Lipinski definition) is 8. The molecule has 0 saturated carbocycles. The number of carbonyl (C=O) groups is 3. The van der Waals surface area contributed by atoms with Crippen LogP contribution in [-0.2, 0) is 28.6 Å². The topological polar surface area (TPSA) is 109 Å². The maximum absolute atomic E-state index is 14.3. The average molecular weight is 518 g/mol. The Labute approximate surface area is 218 Å². The van der Waals surface area contributed by atoms with E-state index in [4.69, 9.17) is 14.2 Å². The fourth-order valence-electron chi connectivity index (χ4n) is 6.55. The third-order valence-electron chi connectivity index (χ3n) is 8.78. The molecule has 10 nitrogen and oxygen atoms in total. The molecule has 0 radical (unpaired) electrons. The zero-order chi connectivity index (χ0) is 26.2. The van der Waals surface area contributed by atoms with E-state index in [0.717, 1.165) is 19.5 Å². The summed E-state index contributed by atoms with van der Waals surface area (Å²) in [5.74, 6) is -2.78. The van der Waals surface area contributed by atoms with Crippen LogP contribution in [0.15, 0.2) is 24.3 Å². The monoisotopic (exact) mass is 517 g/mol. The van der Waals surface area contributed by atoms with Crippen LogP contribution >= 0.6 is 0 Å². The lowest BCUT2D eigenvalue weighted by atomic mass is 9.77. The number of ether oxygens (including phenoxy) is 3. The molecule has 10 heteroatoms. The molecule has 5 aliphatic rings. The number of aliphatic hydroxyl groups excluding tert-OH is 1. The number of nitrogens with zero attached hydrogens (tertiary/aromatic N) is 3. The molecule has 5 rings (SSSR count). The average Bonchev–Trinajstić information content (AvgIpc) is 3.28. The second-order valence-electron chi connectivity index (χ2n) is 10.7. The lowest BCUT2D eigenvalue weighted by molar-refractivity contribution is -0.157. The predicted molar refractivity (Wildman–Crippen MR) is 133 cm³/mol. The molecule has 2 amide bonds. The molecule has 1 unspecified atom stereocenters. The lowest BCUT2D eigenvalue weighted by Gasteiger charge is -2.40.